The number of aliphatic hydroxyl groups excluding tert-OH is 1. The topological polar surface area (TPSA) is 44.0 Å². The molecule has 0 fully saturated rings. The Morgan fingerprint density at radius 2 is 2.00 bits per heavy atom. The number of hydrogen-bond donors (Lipinski definition) is 1. The van der Waals surface area contributed by atoms with Gasteiger partial charge in [0.15, 0.2) is 0 Å². The number of hydrogen-bond acceptors (Lipinski definition) is 2. The molecular weight excluding hydrogens is 207 g/mol. The van der Waals surface area contributed by atoms with Crippen LogP contribution in [0, 0.1) is 18.3 Å². The lowest BCUT2D eigenvalue weighted by Gasteiger charge is -2.15. The van der Waals surface area contributed by atoms with Crippen LogP contribution >= 0.6 is 0 Å². The number of halogens is 3. The van der Waals surface area contributed by atoms with Crippen molar-refractivity contribution in [3.63, 3.8) is 0 Å². The smallest absolute Gasteiger partial charge is 0.392 e. The summed E-state index contributed by atoms with van der Waals surface area (Å²) in [6.45, 7) is 0.530. The predicted octanol–water partition coefficient (Wildman–Crippen LogP) is 2.38. The van der Waals surface area contributed by atoms with E-state index >= 15 is 0 Å². The predicted molar refractivity (Wildman–Crippen MR) is 46.8 cm³/mol. The third-order valence-corrected chi connectivity index (χ3v) is 2.13. The molecule has 0 aromatic heterocycles. The molecule has 0 saturated heterocycles. The first kappa shape index (κ1) is 11.5. The zero-order valence-electron chi connectivity index (χ0n) is 7.89. The van der Waals surface area contributed by atoms with E-state index in [1.54, 1.807) is 6.07 Å². The van der Waals surface area contributed by atoms with Crippen LogP contribution in [0.3, 0.4) is 0 Å². The van der Waals surface area contributed by atoms with Crippen molar-refractivity contribution in [3.05, 3.63) is 34.4 Å². The summed E-state index contributed by atoms with van der Waals surface area (Å²) >= 11 is 0. The lowest BCUT2D eigenvalue weighted by Crippen LogP contribution is -2.12. The monoisotopic (exact) mass is 215 g/mol. The Morgan fingerprint density at radius 3 is 2.40 bits per heavy atom. The van der Waals surface area contributed by atoms with Crippen molar-refractivity contribution in [1.29, 1.82) is 5.26 Å². The SMILES string of the molecule is Cc1c(C#N)ccc(CO)c1C(F)(F)F. The highest BCUT2D eigenvalue weighted by Gasteiger charge is 2.35. The maximum absolute atomic E-state index is 12.6. The van der Waals surface area contributed by atoms with E-state index in [1.165, 1.54) is 13.0 Å². The Morgan fingerprint density at radius 1 is 1.40 bits per heavy atom. The number of benzene rings is 1. The Balaban J connectivity index is 3.52. The summed E-state index contributed by atoms with van der Waals surface area (Å²) in [5.74, 6) is 0. The van der Waals surface area contributed by atoms with E-state index in [-0.39, 0.29) is 16.7 Å². The second kappa shape index (κ2) is 3.91. The van der Waals surface area contributed by atoms with Crippen molar-refractivity contribution in [2.24, 2.45) is 0 Å². The van der Waals surface area contributed by atoms with Gasteiger partial charge >= 0.3 is 6.18 Å². The number of aliphatic hydroxyl groups is 1. The second-order valence-corrected chi connectivity index (χ2v) is 3.04. The number of alkyl halides is 3. The molecule has 1 rings (SSSR count). The van der Waals surface area contributed by atoms with Gasteiger partial charge in [0.05, 0.1) is 23.8 Å². The molecule has 0 aliphatic carbocycles. The minimum atomic E-state index is -4.55. The first-order valence-corrected chi connectivity index (χ1v) is 4.12. The van der Waals surface area contributed by atoms with Crippen LogP contribution in [-0.2, 0) is 12.8 Å². The van der Waals surface area contributed by atoms with Gasteiger partial charge in [-0.1, -0.05) is 6.07 Å². The molecule has 0 unspecified atom stereocenters. The van der Waals surface area contributed by atoms with E-state index in [9.17, 15) is 13.2 Å². The van der Waals surface area contributed by atoms with E-state index in [0.717, 1.165) is 6.07 Å². The molecule has 0 spiro atoms. The molecule has 80 valence electrons. The molecule has 0 bridgehead atoms. The molecule has 0 radical (unpaired) electrons. The molecular formula is C10H8F3NO. The highest BCUT2D eigenvalue weighted by Crippen LogP contribution is 2.35. The third-order valence-electron chi connectivity index (χ3n) is 2.13. The zero-order valence-corrected chi connectivity index (χ0v) is 7.89. The molecule has 0 atom stereocenters. The van der Waals surface area contributed by atoms with E-state index in [4.69, 9.17) is 10.4 Å². The summed E-state index contributed by atoms with van der Waals surface area (Å²) in [6, 6.07) is 4.07. The second-order valence-electron chi connectivity index (χ2n) is 3.04. The van der Waals surface area contributed by atoms with E-state index in [2.05, 4.69) is 0 Å². The van der Waals surface area contributed by atoms with Crippen LogP contribution in [0.4, 0.5) is 13.2 Å². The Kier molecular flexibility index (Phi) is 3.01. The fraction of sp³-hybridized carbons (Fsp3) is 0.300. The molecule has 1 N–H and O–H groups in total. The van der Waals surface area contributed by atoms with Crippen molar-refractivity contribution in [2.75, 3.05) is 0 Å². The molecule has 0 saturated carbocycles. The summed E-state index contributed by atoms with van der Waals surface area (Å²) in [5, 5.41) is 17.4. The first-order chi connectivity index (χ1) is 6.91. The van der Waals surface area contributed by atoms with Crippen molar-refractivity contribution in [1.82, 2.24) is 0 Å². The van der Waals surface area contributed by atoms with Crippen LogP contribution in [0.5, 0.6) is 0 Å². The first-order valence-electron chi connectivity index (χ1n) is 4.12. The van der Waals surface area contributed by atoms with Crippen molar-refractivity contribution < 1.29 is 18.3 Å². The Labute approximate surface area is 84.6 Å². The number of rotatable bonds is 1. The van der Waals surface area contributed by atoms with Crippen LogP contribution in [0.15, 0.2) is 12.1 Å². The van der Waals surface area contributed by atoms with Gasteiger partial charge in [-0.25, -0.2) is 0 Å². The lowest BCUT2D eigenvalue weighted by atomic mass is 9.97. The van der Waals surface area contributed by atoms with Crippen LogP contribution in [0.2, 0.25) is 0 Å². The standard InChI is InChI=1S/C10H8F3NO/c1-6-7(4-14)2-3-8(5-15)9(6)10(11,12)13/h2-3,15H,5H2,1H3. The molecule has 0 aliphatic rings. The summed E-state index contributed by atoms with van der Waals surface area (Å²) in [6.07, 6.45) is -4.55. The Hall–Kier alpha value is -1.54. The van der Waals surface area contributed by atoms with Crippen LogP contribution < -0.4 is 0 Å². The molecule has 1 aromatic rings. The van der Waals surface area contributed by atoms with Crippen molar-refractivity contribution in [2.45, 2.75) is 19.7 Å². The third kappa shape index (κ3) is 2.10. The molecule has 0 heterocycles. The minimum absolute atomic E-state index is 0.0282. The normalized spacial score (nSPS) is 11.2. The highest BCUT2D eigenvalue weighted by atomic mass is 19.4. The fourth-order valence-corrected chi connectivity index (χ4v) is 1.42. The largest absolute Gasteiger partial charge is 0.417 e. The van der Waals surface area contributed by atoms with Crippen molar-refractivity contribution >= 4 is 0 Å². The van der Waals surface area contributed by atoms with Gasteiger partial charge in [0, 0.05) is 0 Å². The van der Waals surface area contributed by atoms with E-state index < -0.39 is 18.3 Å². The molecule has 2 nitrogen and oxygen atoms in total. The van der Waals surface area contributed by atoms with Crippen molar-refractivity contribution in [3.8, 4) is 6.07 Å². The maximum atomic E-state index is 12.6. The van der Waals surface area contributed by atoms with Crippen LogP contribution in [0.25, 0.3) is 0 Å². The van der Waals surface area contributed by atoms with E-state index in [1.807, 2.05) is 0 Å². The number of nitriles is 1. The number of nitrogens with zero attached hydrogens (tertiary/aromatic N) is 1. The average Bonchev–Trinajstić information content (AvgIpc) is 2.15. The van der Waals surface area contributed by atoms with Gasteiger partial charge in [-0.2, -0.15) is 18.4 Å². The highest BCUT2D eigenvalue weighted by molar-refractivity contribution is 5.47. The maximum Gasteiger partial charge on any atom is 0.417 e. The molecule has 0 amide bonds. The molecule has 1 aromatic carbocycles. The van der Waals surface area contributed by atoms with Gasteiger partial charge in [-0.3, -0.25) is 0 Å². The summed E-state index contributed by atoms with van der Waals surface area (Å²) in [4.78, 5) is 0. The lowest BCUT2D eigenvalue weighted by molar-refractivity contribution is -0.139. The summed E-state index contributed by atoms with van der Waals surface area (Å²) in [5.41, 5.74) is -1.29. The minimum Gasteiger partial charge on any atom is -0.392 e. The van der Waals surface area contributed by atoms with Gasteiger partial charge < -0.3 is 5.11 Å². The van der Waals surface area contributed by atoms with Gasteiger partial charge in [0.25, 0.3) is 0 Å². The quantitative estimate of drug-likeness (QED) is 0.781. The van der Waals surface area contributed by atoms with Gasteiger partial charge in [0.2, 0.25) is 0 Å². The summed E-state index contributed by atoms with van der Waals surface area (Å²) in [7, 11) is 0. The molecule has 5 heteroatoms. The van der Waals surface area contributed by atoms with Gasteiger partial charge in [0.1, 0.15) is 0 Å². The average molecular weight is 215 g/mol. The van der Waals surface area contributed by atoms with Crippen LogP contribution in [-0.4, -0.2) is 5.11 Å². The Bertz CT molecular complexity index is 418. The summed E-state index contributed by atoms with van der Waals surface area (Å²) < 4.78 is 37.8. The van der Waals surface area contributed by atoms with Crippen LogP contribution in [0.1, 0.15) is 22.3 Å². The van der Waals surface area contributed by atoms with Gasteiger partial charge in [-0.05, 0) is 24.1 Å². The zero-order chi connectivity index (χ0) is 11.6. The van der Waals surface area contributed by atoms with E-state index in [0.29, 0.717) is 0 Å². The molecule has 15 heavy (non-hydrogen) atoms. The molecule has 0 aliphatic heterocycles. The fourth-order valence-electron chi connectivity index (χ4n) is 1.42. The van der Waals surface area contributed by atoms with Gasteiger partial charge in [-0.15, -0.1) is 0 Å².